The van der Waals surface area contributed by atoms with Crippen molar-refractivity contribution in [3.63, 3.8) is 0 Å². The van der Waals surface area contributed by atoms with Crippen molar-refractivity contribution in [3.05, 3.63) is 70.8 Å². The van der Waals surface area contributed by atoms with Crippen molar-refractivity contribution < 1.29 is 14.9 Å². The van der Waals surface area contributed by atoms with E-state index < -0.39 is 11.0 Å². The zero-order valence-corrected chi connectivity index (χ0v) is 18.0. The second kappa shape index (κ2) is 7.12. The van der Waals surface area contributed by atoms with Gasteiger partial charge in [-0.25, -0.2) is 0 Å². The topological polar surface area (TPSA) is 76.7 Å². The van der Waals surface area contributed by atoms with Crippen LogP contribution in [-0.4, -0.2) is 47.5 Å². The van der Waals surface area contributed by atoms with E-state index in [4.69, 9.17) is 4.74 Å². The number of benzene rings is 2. The normalized spacial score (nSPS) is 31.7. The number of nitrogens with zero attached hydrogens (tertiary/aromatic N) is 2. The molecule has 0 unspecified atom stereocenters. The first-order valence-corrected chi connectivity index (χ1v) is 10.9. The molecule has 2 aromatic carbocycles. The fourth-order valence-corrected chi connectivity index (χ4v) is 6.37. The summed E-state index contributed by atoms with van der Waals surface area (Å²) in [7, 11) is 3.61. The van der Waals surface area contributed by atoms with Crippen LogP contribution in [0, 0.1) is 17.2 Å². The van der Waals surface area contributed by atoms with E-state index in [1.54, 1.807) is 13.2 Å². The number of allylic oxidation sites excluding steroid dienone is 1. The highest BCUT2D eigenvalue weighted by molar-refractivity contribution is 5.61. The van der Waals surface area contributed by atoms with E-state index >= 15 is 0 Å². The lowest BCUT2D eigenvalue weighted by molar-refractivity contribution is -0.140. The van der Waals surface area contributed by atoms with Crippen molar-refractivity contribution in [2.45, 2.75) is 42.7 Å². The van der Waals surface area contributed by atoms with Gasteiger partial charge >= 0.3 is 0 Å². The number of piperidine rings is 1. The second-order valence-electron chi connectivity index (χ2n) is 9.30. The van der Waals surface area contributed by atoms with E-state index in [2.05, 4.69) is 30.1 Å². The van der Waals surface area contributed by atoms with Gasteiger partial charge in [-0.1, -0.05) is 42.5 Å². The first-order valence-electron chi connectivity index (χ1n) is 10.9. The van der Waals surface area contributed by atoms with Gasteiger partial charge in [-0.15, -0.1) is 0 Å². The molecule has 0 amide bonds. The van der Waals surface area contributed by atoms with Crippen LogP contribution in [0.2, 0.25) is 0 Å². The average molecular weight is 417 g/mol. The summed E-state index contributed by atoms with van der Waals surface area (Å²) in [6.45, 7) is 0.793. The smallest absolute Gasteiger partial charge is 0.162 e. The number of likely N-dealkylation sites (N-methyl/N-ethyl adjacent to an activating group) is 1. The Balaban J connectivity index is 1.71. The van der Waals surface area contributed by atoms with Crippen molar-refractivity contribution in [2.24, 2.45) is 5.92 Å². The lowest BCUT2D eigenvalue weighted by Gasteiger charge is -2.62. The summed E-state index contributed by atoms with van der Waals surface area (Å²) in [4.78, 5) is 2.24. The Hall–Kier alpha value is -2.81. The number of likely N-dealkylation sites (tertiary alicyclic amines) is 1. The number of hydrogen-bond acceptors (Lipinski definition) is 5. The molecule has 1 fully saturated rings. The molecule has 1 heterocycles. The maximum absolute atomic E-state index is 12.4. The monoisotopic (exact) mass is 416 g/mol. The standard InChI is InChI=1S/C26H28N2O3/c1-28-11-10-25-14-20(16-27)19(12-17-6-4-3-5-7-17)15-26(25,30)22(28)13-18-8-9-21(31-2)24(29)23(18)25/h3-9,14,19,22,29-30H,10-13,15H2,1-2H3/t19-,22+,25-,26-/m1/s1. The van der Waals surface area contributed by atoms with Crippen LogP contribution < -0.4 is 4.74 Å². The molecule has 2 bridgehead atoms. The number of nitriles is 1. The molecule has 0 radical (unpaired) electrons. The first-order chi connectivity index (χ1) is 14.9. The first kappa shape index (κ1) is 20.1. The van der Waals surface area contributed by atoms with E-state index in [0.29, 0.717) is 37.0 Å². The fourth-order valence-electron chi connectivity index (χ4n) is 6.37. The summed E-state index contributed by atoms with van der Waals surface area (Å²) in [5.41, 5.74) is 1.75. The minimum absolute atomic E-state index is 0.0613. The number of aromatic hydroxyl groups is 1. The van der Waals surface area contributed by atoms with Crippen LogP contribution in [0.15, 0.2) is 54.1 Å². The molecule has 31 heavy (non-hydrogen) atoms. The minimum atomic E-state index is -1.07. The molecule has 2 aromatic rings. The predicted octanol–water partition coefficient (Wildman–Crippen LogP) is 3.34. The van der Waals surface area contributed by atoms with Gasteiger partial charge in [0.05, 0.1) is 24.2 Å². The SMILES string of the molecule is COc1ccc2c(c1O)[C@@]13C=C(C#N)[C@H](Cc4ccccc4)C[C@@]1(O)[C@H](C2)N(C)CC3. The number of rotatable bonds is 3. The van der Waals surface area contributed by atoms with Gasteiger partial charge in [-0.05, 0) is 56.5 Å². The summed E-state index contributed by atoms with van der Waals surface area (Å²) in [6.07, 6.45) is 4.50. The molecule has 5 nitrogen and oxygen atoms in total. The highest BCUT2D eigenvalue weighted by Gasteiger charge is 2.64. The van der Waals surface area contributed by atoms with Crippen LogP contribution >= 0.6 is 0 Å². The number of methoxy groups -OCH3 is 1. The Morgan fingerprint density at radius 2 is 2.00 bits per heavy atom. The maximum atomic E-state index is 12.4. The number of ether oxygens (including phenoxy) is 1. The molecule has 1 aliphatic heterocycles. The highest BCUT2D eigenvalue weighted by atomic mass is 16.5. The van der Waals surface area contributed by atoms with Crippen LogP contribution in [0.3, 0.4) is 0 Å². The third-order valence-corrected chi connectivity index (χ3v) is 7.87. The Bertz CT molecular complexity index is 1090. The number of hydrogen-bond donors (Lipinski definition) is 2. The van der Waals surface area contributed by atoms with Crippen LogP contribution in [0.1, 0.15) is 29.5 Å². The van der Waals surface area contributed by atoms with Crippen molar-refractivity contribution >= 4 is 0 Å². The third-order valence-electron chi connectivity index (χ3n) is 7.87. The molecule has 5 rings (SSSR count). The average Bonchev–Trinajstić information content (AvgIpc) is 2.76. The number of aliphatic hydroxyl groups is 1. The van der Waals surface area contributed by atoms with Gasteiger partial charge in [-0.2, -0.15) is 5.26 Å². The molecule has 5 heteroatoms. The molecule has 1 saturated heterocycles. The molecule has 0 spiro atoms. The fraction of sp³-hybridized carbons (Fsp3) is 0.423. The summed E-state index contributed by atoms with van der Waals surface area (Å²) in [5, 5.41) is 33.6. The van der Waals surface area contributed by atoms with Crippen LogP contribution in [0.25, 0.3) is 0 Å². The van der Waals surface area contributed by atoms with Crippen molar-refractivity contribution in [2.75, 3.05) is 20.7 Å². The summed E-state index contributed by atoms with van der Waals surface area (Å²) in [6, 6.07) is 16.3. The molecule has 3 aliphatic rings. The second-order valence-corrected chi connectivity index (χ2v) is 9.30. The van der Waals surface area contributed by atoms with E-state index in [1.165, 1.54) is 0 Å². The van der Waals surface area contributed by atoms with Crippen LogP contribution in [0.4, 0.5) is 0 Å². The lowest BCUT2D eigenvalue weighted by atomic mass is 9.49. The molecule has 160 valence electrons. The Morgan fingerprint density at radius 3 is 2.71 bits per heavy atom. The van der Waals surface area contributed by atoms with Gasteiger partial charge in [0.2, 0.25) is 0 Å². The maximum Gasteiger partial charge on any atom is 0.162 e. The minimum Gasteiger partial charge on any atom is -0.504 e. The van der Waals surface area contributed by atoms with E-state index in [-0.39, 0.29) is 17.7 Å². The summed E-state index contributed by atoms with van der Waals surface area (Å²) < 4.78 is 5.40. The largest absolute Gasteiger partial charge is 0.504 e. The molecule has 2 N–H and O–H groups in total. The molecule has 4 atom stereocenters. The highest BCUT2D eigenvalue weighted by Crippen LogP contribution is 2.60. The molecule has 2 aliphatic carbocycles. The zero-order chi connectivity index (χ0) is 21.8. The Labute approximate surface area is 183 Å². The summed E-state index contributed by atoms with van der Waals surface area (Å²) >= 11 is 0. The molecule has 0 saturated carbocycles. The Morgan fingerprint density at radius 1 is 1.23 bits per heavy atom. The van der Waals surface area contributed by atoms with Gasteiger partial charge in [0, 0.05) is 23.1 Å². The van der Waals surface area contributed by atoms with Crippen LogP contribution in [-0.2, 0) is 18.3 Å². The molecular weight excluding hydrogens is 388 g/mol. The van der Waals surface area contributed by atoms with Crippen LogP contribution in [0.5, 0.6) is 11.5 Å². The van der Waals surface area contributed by atoms with Gasteiger partial charge < -0.3 is 19.8 Å². The lowest BCUT2D eigenvalue weighted by Crippen LogP contribution is -2.71. The molecular formula is C26H28N2O3. The van der Waals surface area contributed by atoms with Gasteiger partial charge in [0.1, 0.15) is 0 Å². The van der Waals surface area contributed by atoms with E-state index in [1.807, 2.05) is 30.3 Å². The van der Waals surface area contributed by atoms with Gasteiger partial charge in [-0.3, -0.25) is 0 Å². The predicted molar refractivity (Wildman–Crippen MR) is 118 cm³/mol. The van der Waals surface area contributed by atoms with Gasteiger partial charge in [0.25, 0.3) is 0 Å². The van der Waals surface area contributed by atoms with E-state index in [9.17, 15) is 15.5 Å². The van der Waals surface area contributed by atoms with Crippen molar-refractivity contribution in [1.29, 1.82) is 5.26 Å². The summed E-state index contributed by atoms with van der Waals surface area (Å²) in [5.74, 6) is 0.441. The van der Waals surface area contributed by atoms with Crippen molar-refractivity contribution in [3.8, 4) is 17.6 Å². The number of phenols is 1. The Kier molecular flexibility index (Phi) is 4.62. The van der Waals surface area contributed by atoms with E-state index in [0.717, 1.165) is 23.2 Å². The van der Waals surface area contributed by atoms with Crippen molar-refractivity contribution in [1.82, 2.24) is 4.90 Å². The number of fused-ring (bicyclic) bond motifs is 1. The van der Waals surface area contributed by atoms with Gasteiger partial charge in [0.15, 0.2) is 11.5 Å². The third kappa shape index (κ3) is 2.75. The quantitative estimate of drug-likeness (QED) is 0.803. The number of phenolic OH excluding ortho intramolecular Hbond substituents is 1. The zero-order valence-electron chi connectivity index (χ0n) is 18.0. The molecule has 0 aromatic heterocycles.